The molecule has 1 saturated carbocycles. The maximum atomic E-state index is 14.7. The Labute approximate surface area is 233 Å². The average molecular weight is 563 g/mol. The van der Waals surface area contributed by atoms with Gasteiger partial charge < -0.3 is 15.4 Å². The van der Waals surface area contributed by atoms with Crippen LogP contribution in [-0.4, -0.2) is 16.8 Å². The van der Waals surface area contributed by atoms with E-state index in [4.69, 9.17) is 16.3 Å². The first-order chi connectivity index (χ1) is 18.6. The van der Waals surface area contributed by atoms with Crippen molar-refractivity contribution in [1.82, 2.24) is 4.98 Å². The summed E-state index contributed by atoms with van der Waals surface area (Å²) in [5.74, 6) is -0.350. The lowest BCUT2D eigenvalue weighted by molar-refractivity contribution is -0.117. The van der Waals surface area contributed by atoms with Gasteiger partial charge in [0.05, 0.1) is 38.0 Å². The van der Waals surface area contributed by atoms with Gasteiger partial charge in [-0.25, -0.2) is 9.37 Å². The van der Waals surface area contributed by atoms with Gasteiger partial charge >= 0.3 is 0 Å². The van der Waals surface area contributed by atoms with Gasteiger partial charge in [0.25, 0.3) is 5.91 Å². The van der Waals surface area contributed by atoms with Gasteiger partial charge in [-0.1, -0.05) is 35.1 Å². The molecule has 5 rings (SSSR count). The number of nitriles is 1. The summed E-state index contributed by atoms with van der Waals surface area (Å²) in [6.07, 6.45) is 1.82. The molecule has 1 aromatic heterocycles. The number of anilines is 2. The Hall–Kier alpha value is -4.00. The van der Waals surface area contributed by atoms with Gasteiger partial charge in [-0.15, -0.1) is 0 Å². The minimum Gasteiger partial charge on any atom is -0.457 e. The van der Waals surface area contributed by atoms with Crippen molar-refractivity contribution in [3.05, 3.63) is 76.1 Å². The first kappa shape index (κ1) is 26.6. The first-order valence-electron chi connectivity index (χ1n) is 12.3. The van der Waals surface area contributed by atoms with E-state index in [0.717, 1.165) is 28.6 Å². The monoisotopic (exact) mass is 562 g/mol. The molecule has 0 spiro atoms. The number of carbonyl (C=O) groups excluding carboxylic acids is 2. The molecule has 2 N–H and O–H groups in total. The number of ether oxygens (including phenoxy) is 1. The molecular formula is C29H24ClFN4O3S. The van der Waals surface area contributed by atoms with E-state index >= 15 is 0 Å². The largest absolute Gasteiger partial charge is 0.457 e. The number of thiazole rings is 1. The third-order valence-electron chi connectivity index (χ3n) is 6.54. The lowest BCUT2D eigenvalue weighted by Gasteiger charge is -2.19. The number of halogens is 2. The molecule has 1 aliphatic carbocycles. The van der Waals surface area contributed by atoms with Gasteiger partial charge in [0.1, 0.15) is 17.3 Å². The summed E-state index contributed by atoms with van der Waals surface area (Å²) in [6, 6.07) is 14.6. The van der Waals surface area contributed by atoms with E-state index in [9.17, 15) is 19.2 Å². The van der Waals surface area contributed by atoms with Gasteiger partial charge in [-0.3, -0.25) is 9.59 Å². The zero-order valence-electron chi connectivity index (χ0n) is 21.4. The van der Waals surface area contributed by atoms with Crippen molar-refractivity contribution in [3.8, 4) is 17.6 Å². The van der Waals surface area contributed by atoms with Gasteiger partial charge in [0, 0.05) is 17.5 Å². The second kappa shape index (κ2) is 10.3. The Morgan fingerprint density at radius 2 is 1.95 bits per heavy atom. The van der Waals surface area contributed by atoms with Crippen molar-refractivity contribution in [3.63, 3.8) is 0 Å². The molecule has 7 nitrogen and oxygen atoms in total. The second-order valence-electron chi connectivity index (χ2n) is 9.92. The van der Waals surface area contributed by atoms with Crippen molar-refractivity contribution in [1.29, 1.82) is 5.26 Å². The van der Waals surface area contributed by atoms with E-state index in [1.807, 2.05) is 6.92 Å². The van der Waals surface area contributed by atoms with Crippen molar-refractivity contribution >= 4 is 55.8 Å². The zero-order valence-corrected chi connectivity index (χ0v) is 23.0. The maximum absolute atomic E-state index is 14.7. The van der Waals surface area contributed by atoms with E-state index in [-0.39, 0.29) is 28.1 Å². The molecule has 10 heteroatoms. The van der Waals surface area contributed by atoms with Gasteiger partial charge in [-0.2, -0.15) is 5.26 Å². The second-order valence-corrected chi connectivity index (χ2v) is 11.3. The highest BCUT2D eigenvalue weighted by atomic mass is 35.5. The molecule has 1 aliphatic rings. The van der Waals surface area contributed by atoms with Crippen LogP contribution in [0.3, 0.4) is 0 Å². The Bertz CT molecular complexity index is 1670. The average Bonchev–Trinajstić information content (AvgIpc) is 3.68. The fourth-order valence-electron chi connectivity index (χ4n) is 4.05. The Morgan fingerprint density at radius 1 is 1.18 bits per heavy atom. The van der Waals surface area contributed by atoms with Crippen molar-refractivity contribution < 1.29 is 18.7 Å². The number of amides is 2. The van der Waals surface area contributed by atoms with Crippen LogP contribution in [0.25, 0.3) is 10.2 Å². The summed E-state index contributed by atoms with van der Waals surface area (Å²) in [4.78, 5) is 29.6. The van der Waals surface area contributed by atoms with Gasteiger partial charge in [0.2, 0.25) is 5.91 Å². The topological polar surface area (TPSA) is 104 Å². The number of fused-ring (bicyclic) bond motifs is 1. The minimum absolute atomic E-state index is 0.00846. The van der Waals surface area contributed by atoms with Crippen molar-refractivity contribution in [2.45, 2.75) is 39.0 Å². The van der Waals surface area contributed by atoms with Crippen LogP contribution >= 0.6 is 22.9 Å². The molecule has 1 heterocycles. The summed E-state index contributed by atoms with van der Waals surface area (Å²) < 4.78 is 21.6. The lowest BCUT2D eigenvalue weighted by Crippen LogP contribution is -2.18. The van der Waals surface area contributed by atoms with Crippen LogP contribution in [0.2, 0.25) is 5.02 Å². The van der Waals surface area contributed by atoms with E-state index < -0.39 is 17.1 Å². The number of hydrogen-bond acceptors (Lipinski definition) is 6. The summed E-state index contributed by atoms with van der Waals surface area (Å²) >= 11 is 7.83. The normalized spacial score (nSPS) is 13.1. The highest BCUT2D eigenvalue weighted by molar-refractivity contribution is 7.22. The molecule has 0 aliphatic heterocycles. The number of benzene rings is 3. The van der Waals surface area contributed by atoms with Crippen LogP contribution in [0.5, 0.6) is 11.5 Å². The molecule has 198 valence electrons. The highest BCUT2D eigenvalue weighted by Gasteiger charge is 2.30. The van der Waals surface area contributed by atoms with Crippen molar-refractivity contribution in [2.75, 3.05) is 10.6 Å². The van der Waals surface area contributed by atoms with Crippen LogP contribution in [0.4, 0.5) is 15.2 Å². The molecule has 0 saturated heterocycles. The number of aryl methyl sites for hydroxylation is 1. The molecular weight excluding hydrogens is 539 g/mol. The minimum atomic E-state index is -0.910. The Morgan fingerprint density at radius 3 is 2.67 bits per heavy atom. The molecule has 0 unspecified atom stereocenters. The first-order valence-corrected chi connectivity index (χ1v) is 13.5. The fourth-order valence-corrected chi connectivity index (χ4v) is 5.46. The third-order valence-corrected chi connectivity index (χ3v) is 8.06. The molecule has 2 amide bonds. The summed E-state index contributed by atoms with van der Waals surface area (Å²) in [5, 5.41) is 15.6. The number of nitrogens with one attached hydrogen (secondary N) is 2. The fraction of sp³-hybridized carbons (Fsp3) is 0.241. The van der Waals surface area contributed by atoms with E-state index in [1.165, 1.54) is 35.6 Å². The predicted octanol–water partition coefficient (Wildman–Crippen LogP) is 7.59. The standard InChI is InChI=1S/C29H24ClFN4O3S/c1-15-23(12-11-21-25(15)39-28(34-21)35-26(36)16-7-8-16)38-17-9-10-20(31)22(13-17)33-27(37)18-5-4-6-19(24(18)30)29(2,3)14-32/h4-6,9-13,16H,7-8H2,1-3H3,(H,33,37)(H,34,35,36). The van der Waals surface area contributed by atoms with Crippen molar-refractivity contribution in [2.24, 2.45) is 5.92 Å². The molecule has 1 fully saturated rings. The van der Waals surface area contributed by atoms with Crippen LogP contribution < -0.4 is 15.4 Å². The summed E-state index contributed by atoms with van der Waals surface area (Å²) in [5.41, 5.74) is 1.19. The summed E-state index contributed by atoms with van der Waals surface area (Å²) in [7, 11) is 0. The van der Waals surface area contributed by atoms with Crippen LogP contribution in [-0.2, 0) is 10.2 Å². The Balaban J connectivity index is 1.37. The number of carbonyl (C=O) groups is 2. The molecule has 39 heavy (non-hydrogen) atoms. The van der Waals surface area contributed by atoms with Gasteiger partial charge in [-0.05, 0) is 69.5 Å². The molecule has 4 aromatic rings. The molecule has 0 radical (unpaired) electrons. The quantitative estimate of drug-likeness (QED) is 0.241. The zero-order chi connectivity index (χ0) is 27.9. The smallest absolute Gasteiger partial charge is 0.257 e. The number of nitrogens with zero attached hydrogens (tertiary/aromatic N) is 2. The molecule has 3 aromatic carbocycles. The number of rotatable bonds is 7. The third kappa shape index (κ3) is 5.44. The number of aromatic nitrogens is 1. The van der Waals surface area contributed by atoms with Crippen LogP contribution in [0.15, 0.2) is 48.5 Å². The van der Waals surface area contributed by atoms with Crippen LogP contribution in [0, 0.1) is 30.0 Å². The molecule has 0 bridgehead atoms. The maximum Gasteiger partial charge on any atom is 0.257 e. The van der Waals surface area contributed by atoms with E-state index in [0.29, 0.717) is 22.2 Å². The van der Waals surface area contributed by atoms with E-state index in [2.05, 4.69) is 21.7 Å². The molecule has 0 atom stereocenters. The number of hydrogen-bond donors (Lipinski definition) is 2. The van der Waals surface area contributed by atoms with Gasteiger partial charge in [0.15, 0.2) is 5.13 Å². The lowest BCUT2D eigenvalue weighted by atomic mass is 9.85. The highest BCUT2D eigenvalue weighted by Crippen LogP contribution is 2.38. The predicted molar refractivity (Wildman–Crippen MR) is 150 cm³/mol. The SMILES string of the molecule is Cc1c(Oc2ccc(F)c(NC(=O)c3cccc(C(C)(C)C#N)c3Cl)c2)ccc2nc(NC(=O)C3CC3)sc12. The van der Waals surface area contributed by atoms with E-state index in [1.54, 1.807) is 38.1 Å². The van der Waals surface area contributed by atoms with Crippen LogP contribution in [0.1, 0.15) is 48.2 Å². The Kier molecular flexibility index (Phi) is 7.02. The summed E-state index contributed by atoms with van der Waals surface area (Å²) in [6.45, 7) is 5.28.